The molecule has 0 spiro atoms. The van der Waals surface area contributed by atoms with Crippen LogP contribution in [0, 0.1) is 0 Å². The predicted octanol–water partition coefficient (Wildman–Crippen LogP) is 7.40. The van der Waals surface area contributed by atoms with Crippen molar-refractivity contribution < 1.29 is 22.7 Å². The topological polar surface area (TPSA) is 97.8 Å². The van der Waals surface area contributed by atoms with E-state index >= 15 is 0 Å². The molecular formula is C28H21Cl2N3O5S2. The van der Waals surface area contributed by atoms with Crippen LogP contribution in [0.5, 0.6) is 11.5 Å². The zero-order valence-electron chi connectivity index (χ0n) is 21.1. The fourth-order valence-electron chi connectivity index (χ4n) is 3.98. The van der Waals surface area contributed by atoms with Gasteiger partial charge in [-0.1, -0.05) is 58.8 Å². The highest BCUT2D eigenvalue weighted by atomic mass is 35.5. The minimum absolute atomic E-state index is 0.113. The van der Waals surface area contributed by atoms with Gasteiger partial charge in [0.15, 0.2) is 16.6 Å². The molecule has 8 nitrogen and oxygen atoms in total. The molecule has 1 heterocycles. The van der Waals surface area contributed by atoms with E-state index in [1.807, 2.05) is 0 Å². The van der Waals surface area contributed by atoms with E-state index in [4.69, 9.17) is 37.7 Å². The fraction of sp³-hybridized carbons (Fsp3) is 0.0714. The number of methoxy groups -OCH3 is 2. The minimum Gasteiger partial charge on any atom is -0.493 e. The molecule has 0 bridgehead atoms. The number of nitrogens with one attached hydrogen (secondary N) is 1. The number of rotatable bonds is 8. The maximum Gasteiger partial charge on any atom is 0.266 e. The smallest absolute Gasteiger partial charge is 0.266 e. The average Bonchev–Trinajstić information content (AvgIpc) is 3.38. The second kappa shape index (κ2) is 11.3. The van der Waals surface area contributed by atoms with Gasteiger partial charge < -0.3 is 9.47 Å². The van der Waals surface area contributed by atoms with Crippen molar-refractivity contribution in [3.05, 3.63) is 101 Å². The normalized spacial score (nSPS) is 11.3. The number of hydrogen-bond acceptors (Lipinski definition) is 7. The first-order valence-corrected chi connectivity index (χ1v) is 14.8. The highest BCUT2D eigenvalue weighted by molar-refractivity contribution is 7.92. The molecule has 0 aliphatic heterocycles. The van der Waals surface area contributed by atoms with Gasteiger partial charge in [0.25, 0.3) is 15.9 Å². The van der Waals surface area contributed by atoms with Crippen LogP contribution in [0.25, 0.3) is 10.2 Å². The predicted molar refractivity (Wildman–Crippen MR) is 159 cm³/mol. The lowest BCUT2D eigenvalue weighted by atomic mass is 10.1. The standard InChI is InChI=1S/C28H21Cl2N3O5S2/c1-37-23-14-12-18(16-24(23)38-2)33(27(34)20-13-11-17(29)15-21(20)30)28-31-26-22(9-6-10-25(26)39-28)32-40(35,36)19-7-4-3-5-8-19/h3-16,32H,1-2H3. The van der Waals surface area contributed by atoms with E-state index in [-0.39, 0.29) is 26.3 Å². The monoisotopic (exact) mass is 613 g/mol. The van der Waals surface area contributed by atoms with E-state index < -0.39 is 15.9 Å². The van der Waals surface area contributed by atoms with E-state index in [1.54, 1.807) is 60.7 Å². The van der Waals surface area contributed by atoms with E-state index in [9.17, 15) is 13.2 Å². The lowest BCUT2D eigenvalue weighted by Crippen LogP contribution is -2.26. The van der Waals surface area contributed by atoms with Crippen LogP contribution in [0.15, 0.2) is 89.8 Å². The number of amides is 1. The van der Waals surface area contributed by atoms with Crippen molar-refractivity contribution in [3.8, 4) is 11.5 Å². The summed E-state index contributed by atoms with van der Waals surface area (Å²) in [5.41, 5.74) is 1.28. The van der Waals surface area contributed by atoms with Gasteiger partial charge in [0.05, 0.1) is 45.8 Å². The Morgan fingerprint density at radius 3 is 2.35 bits per heavy atom. The summed E-state index contributed by atoms with van der Waals surface area (Å²) in [5, 5.41) is 0.833. The molecule has 5 rings (SSSR count). The van der Waals surface area contributed by atoms with Gasteiger partial charge in [-0.3, -0.25) is 14.4 Å². The number of anilines is 3. The zero-order chi connectivity index (χ0) is 28.4. The summed E-state index contributed by atoms with van der Waals surface area (Å²) in [6.07, 6.45) is 0. The van der Waals surface area contributed by atoms with Gasteiger partial charge in [0.1, 0.15) is 5.52 Å². The molecule has 1 amide bonds. The Morgan fingerprint density at radius 1 is 0.900 bits per heavy atom. The molecule has 204 valence electrons. The molecule has 0 unspecified atom stereocenters. The summed E-state index contributed by atoms with van der Waals surface area (Å²) in [5.74, 6) is 0.405. The lowest BCUT2D eigenvalue weighted by molar-refractivity contribution is 0.0999. The number of aromatic nitrogens is 1. The van der Waals surface area contributed by atoms with Crippen molar-refractivity contribution in [2.75, 3.05) is 23.8 Å². The molecule has 0 aliphatic rings. The Balaban J connectivity index is 1.65. The highest BCUT2D eigenvalue weighted by Gasteiger charge is 2.27. The van der Waals surface area contributed by atoms with Crippen LogP contribution >= 0.6 is 34.5 Å². The van der Waals surface area contributed by atoms with Crippen LogP contribution in [0.1, 0.15) is 10.4 Å². The molecule has 1 N–H and O–H groups in total. The van der Waals surface area contributed by atoms with Crippen molar-refractivity contribution in [1.82, 2.24) is 4.98 Å². The minimum atomic E-state index is -3.88. The Hall–Kier alpha value is -3.83. The van der Waals surface area contributed by atoms with Crippen LogP contribution in [-0.2, 0) is 10.0 Å². The number of para-hydroxylation sites is 1. The molecular weight excluding hydrogens is 593 g/mol. The van der Waals surface area contributed by atoms with Crippen LogP contribution in [-0.4, -0.2) is 33.5 Å². The number of carbonyl (C=O) groups is 1. The van der Waals surface area contributed by atoms with Crippen LogP contribution < -0.4 is 19.1 Å². The molecule has 5 aromatic rings. The molecule has 4 aromatic carbocycles. The SMILES string of the molecule is COc1ccc(N(C(=O)c2ccc(Cl)cc2Cl)c2nc3c(NS(=O)(=O)c4ccccc4)cccc3s2)cc1OC. The lowest BCUT2D eigenvalue weighted by Gasteiger charge is -2.22. The quantitative estimate of drug-likeness (QED) is 0.196. The largest absolute Gasteiger partial charge is 0.493 e. The van der Waals surface area contributed by atoms with Crippen LogP contribution in [0.2, 0.25) is 10.0 Å². The van der Waals surface area contributed by atoms with Crippen molar-refractivity contribution >= 4 is 77.2 Å². The first-order chi connectivity index (χ1) is 19.2. The third-order valence-electron chi connectivity index (χ3n) is 5.89. The molecule has 40 heavy (non-hydrogen) atoms. The Labute approximate surface area is 244 Å². The Bertz CT molecular complexity index is 1830. The number of benzene rings is 4. The van der Waals surface area contributed by atoms with Gasteiger partial charge in [-0.2, -0.15) is 0 Å². The van der Waals surface area contributed by atoms with Crippen LogP contribution in [0.3, 0.4) is 0 Å². The summed E-state index contributed by atoms with van der Waals surface area (Å²) in [4.78, 5) is 20.2. The Kier molecular flexibility index (Phi) is 7.86. The van der Waals surface area contributed by atoms with Gasteiger partial charge in [-0.25, -0.2) is 13.4 Å². The Morgan fingerprint density at radius 2 is 1.65 bits per heavy atom. The van der Waals surface area contributed by atoms with Gasteiger partial charge in [-0.15, -0.1) is 0 Å². The van der Waals surface area contributed by atoms with Crippen LogP contribution in [0.4, 0.5) is 16.5 Å². The third-order valence-corrected chi connectivity index (χ3v) is 8.82. The first kappa shape index (κ1) is 27.7. The van der Waals surface area contributed by atoms with E-state index in [1.165, 1.54) is 54.7 Å². The van der Waals surface area contributed by atoms with Crippen molar-refractivity contribution in [2.24, 2.45) is 0 Å². The highest BCUT2D eigenvalue weighted by Crippen LogP contribution is 2.41. The van der Waals surface area contributed by atoms with Crippen molar-refractivity contribution in [1.29, 1.82) is 0 Å². The number of halogens is 2. The molecule has 0 saturated carbocycles. The van der Waals surface area contributed by atoms with Gasteiger partial charge >= 0.3 is 0 Å². The zero-order valence-corrected chi connectivity index (χ0v) is 24.2. The molecule has 1 aromatic heterocycles. The second-order valence-corrected chi connectivity index (χ2v) is 11.9. The molecule has 0 aliphatic carbocycles. The molecule has 0 atom stereocenters. The number of sulfonamides is 1. The second-order valence-electron chi connectivity index (χ2n) is 8.37. The molecule has 12 heteroatoms. The fourth-order valence-corrected chi connectivity index (χ4v) is 6.57. The summed E-state index contributed by atoms with van der Waals surface area (Å²) < 4.78 is 40.2. The van der Waals surface area contributed by atoms with E-state index in [2.05, 4.69) is 4.72 Å². The van der Waals surface area contributed by atoms with E-state index in [0.29, 0.717) is 32.4 Å². The third kappa shape index (κ3) is 5.44. The number of fused-ring (bicyclic) bond motifs is 1. The number of carbonyl (C=O) groups excluding carboxylic acids is 1. The number of nitrogens with zero attached hydrogens (tertiary/aromatic N) is 2. The maximum absolute atomic E-state index is 14.0. The van der Waals surface area contributed by atoms with Crippen molar-refractivity contribution in [2.45, 2.75) is 4.90 Å². The number of hydrogen-bond donors (Lipinski definition) is 1. The summed E-state index contributed by atoms with van der Waals surface area (Å²) in [6, 6.07) is 22.7. The maximum atomic E-state index is 14.0. The van der Waals surface area contributed by atoms with Gasteiger partial charge in [0.2, 0.25) is 0 Å². The number of ether oxygens (including phenoxy) is 2. The van der Waals surface area contributed by atoms with Crippen molar-refractivity contribution in [3.63, 3.8) is 0 Å². The number of thiazole rings is 1. The molecule has 0 radical (unpaired) electrons. The summed E-state index contributed by atoms with van der Waals surface area (Å²) in [6.45, 7) is 0. The average molecular weight is 615 g/mol. The molecule has 0 saturated heterocycles. The van der Waals surface area contributed by atoms with Gasteiger partial charge in [0, 0.05) is 11.1 Å². The molecule has 0 fully saturated rings. The summed E-state index contributed by atoms with van der Waals surface area (Å²) in [7, 11) is -0.874. The first-order valence-electron chi connectivity index (χ1n) is 11.7. The van der Waals surface area contributed by atoms with Gasteiger partial charge in [-0.05, 0) is 54.6 Å². The summed E-state index contributed by atoms with van der Waals surface area (Å²) >= 11 is 13.7. The van der Waals surface area contributed by atoms with E-state index in [0.717, 1.165) is 0 Å².